The van der Waals surface area contributed by atoms with Gasteiger partial charge in [-0.05, 0) is 19.1 Å². The summed E-state index contributed by atoms with van der Waals surface area (Å²) < 4.78 is 59.9. The average Bonchev–Trinajstić information content (AvgIpc) is 2.28. The Labute approximate surface area is 110 Å². The lowest BCUT2D eigenvalue weighted by Crippen LogP contribution is -2.39. The maximum atomic E-state index is 10.7. The van der Waals surface area contributed by atoms with E-state index in [0.29, 0.717) is 0 Å². The van der Waals surface area contributed by atoms with Crippen LogP contribution in [0.2, 0.25) is 0 Å². The minimum absolute atomic E-state index is 0.959. The number of para-hydroxylation sites is 1. The highest BCUT2D eigenvalue weighted by Crippen LogP contribution is 2.20. The predicted octanol–water partition coefficient (Wildman–Crippen LogP) is 2.32. The SMILES string of the molecule is CC[N+](C)(C)c1ccccc1.O=S(=O)([O-])C(F)(F)F. The van der Waals surface area contributed by atoms with E-state index in [2.05, 4.69) is 51.4 Å². The Balaban J connectivity index is 0.000000362. The Kier molecular flexibility index (Phi) is 5.98. The van der Waals surface area contributed by atoms with Crippen molar-refractivity contribution in [1.82, 2.24) is 4.48 Å². The quantitative estimate of drug-likeness (QED) is 0.478. The highest BCUT2D eigenvalue weighted by molar-refractivity contribution is 7.86. The molecule has 0 N–H and O–H groups in total. The van der Waals surface area contributed by atoms with Crippen LogP contribution in [0.1, 0.15) is 6.92 Å². The van der Waals surface area contributed by atoms with Gasteiger partial charge in [-0.2, -0.15) is 13.2 Å². The fourth-order valence-electron chi connectivity index (χ4n) is 1.01. The van der Waals surface area contributed by atoms with Gasteiger partial charge < -0.3 is 4.55 Å². The largest absolute Gasteiger partial charge is 0.741 e. The summed E-state index contributed by atoms with van der Waals surface area (Å²) in [5.41, 5.74) is -4.28. The second-order valence-corrected chi connectivity index (χ2v) is 5.61. The summed E-state index contributed by atoms with van der Waals surface area (Å²) in [6.45, 7) is 3.33. The van der Waals surface area contributed by atoms with E-state index in [0.717, 1.165) is 11.0 Å². The third-order valence-corrected chi connectivity index (χ3v) is 3.10. The number of nitrogens with zero attached hydrogens (tertiary/aromatic N) is 1. The van der Waals surface area contributed by atoms with Gasteiger partial charge in [-0.25, -0.2) is 8.42 Å². The van der Waals surface area contributed by atoms with E-state index in [9.17, 15) is 13.2 Å². The van der Waals surface area contributed by atoms with Crippen LogP contribution in [0.25, 0.3) is 0 Å². The van der Waals surface area contributed by atoms with Crippen LogP contribution in [-0.2, 0) is 10.1 Å². The molecule has 0 heterocycles. The third-order valence-electron chi connectivity index (χ3n) is 2.53. The van der Waals surface area contributed by atoms with Crippen molar-refractivity contribution >= 4 is 15.8 Å². The number of hydrogen-bond acceptors (Lipinski definition) is 3. The van der Waals surface area contributed by atoms with Gasteiger partial charge in [0.1, 0.15) is 5.69 Å². The van der Waals surface area contributed by atoms with Crippen molar-refractivity contribution < 1.29 is 26.1 Å². The van der Waals surface area contributed by atoms with Crippen molar-refractivity contribution in [2.24, 2.45) is 0 Å². The summed E-state index contributed by atoms with van der Waals surface area (Å²) in [4.78, 5) is 0. The molecular weight excluding hydrogens is 283 g/mol. The highest BCUT2D eigenvalue weighted by atomic mass is 32.2. The molecule has 8 heteroatoms. The zero-order valence-electron chi connectivity index (χ0n) is 10.8. The molecule has 110 valence electrons. The summed E-state index contributed by atoms with van der Waals surface area (Å²) in [5.74, 6) is 0. The molecule has 19 heavy (non-hydrogen) atoms. The van der Waals surface area contributed by atoms with Crippen molar-refractivity contribution in [1.29, 1.82) is 0 Å². The third kappa shape index (κ3) is 6.04. The monoisotopic (exact) mass is 299 g/mol. The highest BCUT2D eigenvalue weighted by Gasteiger charge is 2.36. The number of rotatable bonds is 2. The lowest BCUT2D eigenvalue weighted by Gasteiger charge is -2.27. The van der Waals surface area contributed by atoms with Crippen LogP contribution < -0.4 is 4.48 Å². The van der Waals surface area contributed by atoms with Crippen molar-refractivity contribution in [3.63, 3.8) is 0 Å². The molecule has 4 nitrogen and oxygen atoms in total. The fraction of sp³-hybridized carbons (Fsp3) is 0.455. The smallest absolute Gasteiger partial charge is 0.485 e. The number of hydrogen-bond donors (Lipinski definition) is 0. The van der Waals surface area contributed by atoms with Crippen LogP contribution in [0.4, 0.5) is 18.9 Å². The first-order chi connectivity index (χ1) is 8.42. The van der Waals surface area contributed by atoms with Crippen molar-refractivity contribution in [3.05, 3.63) is 30.3 Å². The molecule has 0 spiro atoms. The van der Waals surface area contributed by atoms with Gasteiger partial charge in [0.15, 0.2) is 10.1 Å². The molecule has 0 atom stereocenters. The lowest BCUT2D eigenvalue weighted by molar-refractivity contribution is -0.0517. The summed E-state index contributed by atoms with van der Waals surface area (Å²) >= 11 is 0. The Morgan fingerprint density at radius 1 is 1.16 bits per heavy atom. The van der Waals surface area contributed by atoms with E-state index in [1.807, 2.05) is 0 Å². The molecule has 0 saturated carbocycles. The molecule has 0 saturated heterocycles. The molecule has 0 fully saturated rings. The first kappa shape index (κ1) is 17.9. The van der Waals surface area contributed by atoms with Gasteiger partial charge in [0.05, 0.1) is 20.6 Å². The van der Waals surface area contributed by atoms with Crippen LogP contribution >= 0.6 is 0 Å². The van der Waals surface area contributed by atoms with Crippen molar-refractivity contribution in [3.8, 4) is 0 Å². The minimum Gasteiger partial charge on any atom is -0.741 e. The van der Waals surface area contributed by atoms with E-state index in [1.165, 1.54) is 5.69 Å². The molecule has 0 bridgehead atoms. The van der Waals surface area contributed by atoms with Crippen molar-refractivity contribution in [2.75, 3.05) is 20.6 Å². The van der Waals surface area contributed by atoms with Gasteiger partial charge in [0.2, 0.25) is 0 Å². The maximum Gasteiger partial charge on any atom is 0.485 e. The average molecular weight is 299 g/mol. The summed E-state index contributed by atoms with van der Waals surface area (Å²) in [5, 5.41) is 0. The Morgan fingerprint density at radius 3 is 1.79 bits per heavy atom. The number of halogens is 3. The number of quaternary nitrogens is 1. The van der Waals surface area contributed by atoms with E-state index in [1.54, 1.807) is 0 Å². The summed E-state index contributed by atoms with van der Waals surface area (Å²) in [7, 11) is -1.66. The molecule has 0 amide bonds. The topological polar surface area (TPSA) is 57.2 Å². The first-order valence-electron chi connectivity index (χ1n) is 5.32. The summed E-state index contributed by atoms with van der Waals surface area (Å²) in [6.07, 6.45) is 0. The van der Waals surface area contributed by atoms with Crippen LogP contribution in [0.5, 0.6) is 0 Å². The molecule has 1 rings (SSSR count). The van der Waals surface area contributed by atoms with Crippen molar-refractivity contribution in [2.45, 2.75) is 12.4 Å². The van der Waals surface area contributed by atoms with Gasteiger partial charge in [0, 0.05) is 0 Å². The zero-order valence-corrected chi connectivity index (χ0v) is 11.6. The lowest BCUT2D eigenvalue weighted by atomic mass is 10.2. The van der Waals surface area contributed by atoms with Gasteiger partial charge in [-0.1, -0.05) is 18.2 Å². The molecule has 0 aromatic heterocycles. The van der Waals surface area contributed by atoms with Gasteiger partial charge in [-0.15, -0.1) is 0 Å². The minimum atomic E-state index is -6.09. The van der Waals surface area contributed by atoms with E-state index in [4.69, 9.17) is 13.0 Å². The second-order valence-electron chi connectivity index (χ2n) is 4.24. The van der Waals surface area contributed by atoms with E-state index >= 15 is 0 Å². The maximum absolute atomic E-state index is 10.7. The number of alkyl halides is 3. The zero-order chi connectivity index (χ0) is 15.3. The molecule has 0 aliphatic carbocycles. The standard InChI is InChI=1S/C10H16N.CHF3O3S/c1-4-11(2,3)10-8-6-5-7-9-10;2-1(3,4)8(5,6)7/h5-9H,4H2,1-3H3;(H,5,6,7)/q+1;/p-1. The van der Waals surface area contributed by atoms with Gasteiger partial charge in [0.25, 0.3) is 0 Å². The van der Waals surface area contributed by atoms with Crippen LogP contribution in [0.15, 0.2) is 30.3 Å². The molecule has 1 aromatic carbocycles. The number of benzene rings is 1. The molecule has 0 aliphatic rings. The van der Waals surface area contributed by atoms with Crippen LogP contribution in [0, 0.1) is 0 Å². The Bertz CT molecular complexity index is 484. The summed E-state index contributed by atoms with van der Waals surface area (Å²) in [6, 6.07) is 10.6. The molecule has 0 aliphatic heterocycles. The van der Waals surface area contributed by atoms with E-state index < -0.39 is 15.6 Å². The normalized spacial score (nSPS) is 12.6. The predicted molar refractivity (Wildman–Crippen MR) is 66.4 cm³/mol. The van der Waals surface area contributed by atoms with Crippen LogP contribution in [0.3, 0.4) is 0 Å². The van der Waals surface area contributed by atoms with Gasteiger partial charge in [-0.3, -0.25) is 4.48 Å². The molecule has 1 aromatic rings. The molecular formula is C11H16F3NO3S. The fourth-order valence-corrected chi connectivity index (χ4v) is 1.01. The first-order valence-corrected chi connectivity index (χ1v) is 6.73. The van der Waals surface area contributed by atoms with Gasteiger partial charge >= 0.3 is 5.51 Å². The van der Waals surface area contributed by atoms with Crippen LogP contribution in [-0.4, -0.2) is 39.1 Å². The van der Waals surface area contributed by atoms with E-state index in [-0.39, 0.29) is 0 Å². The second kappa shape index (κ2) is 6.36. The Morgan fingerprint density at radius 2 is 1.53 bits per heavy atom. The Hall–Kier alpha value is -1.12. The molecule has 0 radical (unpaired) electrons. The molecule has 0 unspecified atom stereocenters.